The van der Waals surface area contributed by atoms with E-state index in [-0.39, 0.29) is 0 Å². The van der Waals surface area contributed by atoms with Gasteiger partial charge in [-0.15, -0.1) is 0 Å². The first-order chi connectivity index (χ1) is 14.3. The first-order valence-electron chi connectivity index (χ1n) is 10.7. The van der Waals surface area contributed by atoms with Crippen LogP contribution >= 0.6 is 23.2 Å². The molecular formula is C26H30Cl2SiZr. The molecule has 0 nitrogen and oxygen atoms in total. The molecule has 2 atom stereocenters. The number of fused-ring (bicyclic) bond motifs is 2. The molecule has 0 aromatic heterocycles. The van der Waals surface area contributed by atoms with E-state index in [1.807, 2.05) is 0 Å². The molecule has 156 valence electrons. The van der Waals surface area contributed by atoms with Crippen molar-refractivity contribution in [3.8, 4) is 0 Å². The SMILES string of the molecule is CC1=Cc2c(CCl)ccc(C)c2[CH]1[Zr]([CH]1C(C)=Cc2c(CCl)ccc(C)c21)=[Si](C)C. The summed E-state index contributed by atoms with van der Waals surface area (Å²) < 4.78 is 1.32. The first-order valence-corrected chi connectivity index (χ1v) is 20.8. The van der Waals surface area contributed by atoms with Crippen LogP contribution in [0.15, 0.2) is 35.4 Å². The molecule has 30 heavy (non-hydrogen) atoms. The molecule has 0 heterocycles. The van der Waals surface area contributed by atoms with Crippen molar-refractivity contribution in [2.45, 2.75) is 59.8 Å². The molecule has 0 amide bonds. The molecule has 0 spiro atoms. The Labute approximate surface area is 199 Å². The van der Waals surface area contributed by atoms with Gasteiger partial charge in [-0.25, -0.2) is 0 Å². The molecule has 0 N–H and O–H groups in total. The number of hydrogen-bond acceptors (Lipinski definition) is 0. The van der Waals surface area contributed by atoms with Gasteiger partial charge in [0, 0.05) is 0 Å². The van der Waals surface area contributed by atoms with Gasteiger partial charge in [-0.3, -0.25) is 0 Å². The van der Waals surface area contributed by atoms with Gasteiger partial charge in [-0.05, 0) is 0 Å². The van der Waals surface area contributed by atoms with Crippen LogP contribution in [0.3, 0.4) is 0 Å². The summed E-state index contributed by atoms with van der Waals surface area (Å²) in [6.07, 6.45) is 4.93. The zero-order chi connectivity index (χ0) is 21.7. The molecular weight excluding hydrogens is 503 g/mol. The minimum absolute atomic E-state index is 0.410. The molecule has 0 saturated heterocycles. The van der Waals surface area contributed by atoms with Crippen molar-refractivity contribution < 1.29 is 20.4 Å². The third kappa shape index (κ3) is 3.61. The summed E-state index contributed by atoms with van der Waals surface area (Å²) in [6, 6.07) is 9.06. The molecule has 4 rings (SSSR count). The Morgan fingerprint density at radius 2 is 1.13 bits per heavy atom. The second-order valence-corrected chi connectivity index (χ2v) is 27.5. The van der Waals surface area contributed by atoms with E-state index in [2.05, 4.69) is 77.2 Å². The van der Waals surface area contributed by atoms with Gasteiger partial charge in [0.25, 0.3) is 0 Å². The predicted molar refractivity (Wildman–Crippen MR) is 132 cm³/mol. The van der Waals surface area contributed by atoms with Crippen LogP contribution in [-0.2, 0) is 32.1 Å². The summed E-state index contributed by atoms with van der Waals surface area (Å²) in [4.78, 5) is 0. The summed E-state index contributed by atoms with van der Waals surface area (Å²) in [5.41, 5.74) is 14.3. The van der Waals surface area contributed by atoms with Crippen LogP contribution in [0.4, 0.5) is 0 Å². The van der Waals surface area contributed by atoms with Crippen LogP contribution in [0.5, 0.6) is 0 Å². The van der Waals surface area contributed by atoms with E-state index >= 15 is 0 Å². The van der Waals surface area contributed by atoms with Crippen LogP contribution in [0, 0.1) is 13.8 Å². The monoisotopic (exact) mass is 530 g/mol. The molecule has 2 aromatic rings. The summed E-state index contributed by atoms with van der Waals surface area (Å²) in [5.74, 6) is 1.19. The molecule has 0 radical (unpaired) electrons. The second-order valence-electron chi connectivity index (χ2n) is 9.10. The topological polar surface area (TPSA) is 0 Å². The van der Waals surface area contributed by atoms with E-state index in [0.717, 1.165) is 0 Å². The van der Waals surface area contributed by atoms with E-state index in [1.165, 1.54) is 33.4 Å². The van der Waals surface area contributed by atoms with Crippen molar-refractivity contribution in [3.63, 3.8) is 0 Å². The van der Waals surface area contributed by atoms with Crippen molar-refractivity contribution >= 4 is 40.8 Å². The Hall–Kier alpha value is -0.400. The fourth-order valence-corrected chi connectivity index (χ4v) is 27.1. The quantitative estimate of drug-likeness (QED) is 0.275. The molecule has 2 aromatic carbocycles. The predicted octanol–water partition coefficient (Wildman–Crippen LogP) is 8.27. The number of alkyl halides is 2. The number of rotatable bonds is 4. The third-order valence-electron chi connectivity index (χ3n) is 6.91. The van der Waals surface area contributed by atoms with Crippen molar-refractivity contribution in [3.05, 3.63) is 79.9 Å². The first kappa shape index (κ1) is 22.8. The molecule has 2 unspecified atom stereocenters. The van der Waals surface area contributed by atoms with Crippen molar-refractivity contribution in [2.75, 3.05) is 0 Å². The Balaban J connectivity index is 1.95. The minimum atomic E-state index is -2.01. The van der Waals surface area contributed by atoms with Crippen molar-refractivity contribution in [1.29, 1.82) is 0 Å². The fourth-order valence-electron chi connectivity index (χ4n) is 5.54. The van der Waals surface area contributed by atoms with Gasteiger partial charge in [0.05, 0.1) is 0 Å². The van der Waals surface area contributed by atoms with Crippen molar-refractivity contribution in [2.24, 2.45) is 0 Å². The zero-order valence-corrected chi connectivity index (χ0v) is 23.8. The van der Waals surface area contributed by atoms with Gasteiger partial charge in [0.1, 0.15) is 0 Å². The van der Waals surface area contributed by atoms with Gasteiger partial charge in [0.2, 0.25) is 0 Å². The number of halogens is 2. The van der Waals surface area contributed by atoms with Crippen molar-refractivity contribution in [1.82, 2.24) is 0 Å². The van der Waals surface area contributed by atoms with Crippen LogP contribution in [-0.4, -0.2) is 5.43 Å². The zero-order valence-electron chi connectivity index (χ0n) is 18.8. The average Bonchev–Trinajstić information content (AvgIpc) is 3.22. The maximum atomic E-state index is 6.34. The second kappa shape index (κ2) is 8.86. The normalized spacial score (nSPS) is 19.3. The molecule has 0 aliphatic heterocycles. The molecule has 4 heteroatoms. The Morgan fingerprint density at radius 1 is 0.733 bits per heavy atom. The van der Waals surface area contributed by atoms with E-state index in [4.69, 9.17) is 23.2 Å². The Kier molecular flexibility index (Phi) is 6.72. The van der Waals surface area contributed by atoms with Gasteiger partial charge in [0.15, 0.2) is 0 Å². The maximum absolute atomic E-state index is 6.34. The van der Waals surface area contributed by atoms with E-state index in [1.54, 1.807) is 22.3 Å². The molecule has 0 saturated carbocycles. The summed E-state index contributed by atoms with van der Waals surface area (Å²) in [6.45, 7) is 14.5. The fraction of sp³-hybridized carbons (Fsp3) is 0.385. The third-order valence-corrected chi connectivity index (χ3v) is 27.3. The number of aryl methyl sites for hydroxylation is 2. The van der Waals surface area contributed by atoms with Crippen LogP contribution in [0.2, 0.25) is 13.1 Å². The molecule has 2 aliphatic rings. The molecule has 2 aliphatic carbocycles. The van der Waals surface area contributed by atoms with Crippen LogP contribution in [0.25, 0.3) is 12.2 Å². The van der Waals surface area contributed by atoms with E-state index in [0.29, 0.717) is 19.0 Å². The van der Waals surface area contributed by atoms with Gasteiger partial charge in [-0.1, -0.05) is 0 Å². The summed E-state index contributed by atoms with van der Waals surface area (Å²) in [7, 11) is 0. The Bertz CT molecular complexity index is 1050. The molecule has 0 fully saturated rings. The number of allylic oxidation sites excluding steroid dienone is 2. The van der Waals surface area contributed by atoms with E-state index in [9.17, 15) is 0 Å². The van der Waals surface area contributed by atoms with Gasteiger partial charge < -0.3 is 0 Å². The van der Waals surface area contributed by atoms with Gasteiger partial charge >= 0.3 is 201 Å². The van der Waals surface area contributed by atoms with E-state index < -0.39 is 25.8 Å². The van der Waals surface area contributed by atoms with Crippen LogP contribution < -0.4 is 0 Å². The standard InChI is InChI=1S/2C12H12Cl.C2H6Si.Zr/c2*1-8-5-11-9(2)3-4-10(7-13)12(11)6-8;1-3-2;/h2*3-6H,7H2,1-2H3;1-2H3;. The summed E-state index contributed by atoms with van der Waals surface area (Å²) >= 11 is 10.7. The van der Waals surface area contributed by atoms with Gasteiger partial charge in [-0.2, -0.15) is 0 Å². The summed E-state index contributed by atoms with van der Waals surface area (Å²) in [5, 5.41) is 0. The number of hydrogen-bond donors (Lipinski definition) is 0. The average molecular weight is 533 g/mol. The Morgan fingerprint density at radius 3 is 1.47 bits per heavy atom. The number of benzene rings is 2. The van der Waals surface area contributed by atoms with Crippen LogP contribution in [0.1, 0.15) is 65.6 Å². The molecule has 0 bridgehead atoms.